The number of hydrogen-bond acceptors (Lipinski definition) is 5. The molecule has 0 aliphatic carbocycles. The molecule has 2 aromatic rings. The first-order valence-corrected chi connectivity index (χ1v) is 16.0. The summed E-state index contributed by atoms with van der Waals surface area (Å²) in [4.78, 5) is 48.9. The second kappa shape index (κ2) is 12.1. The lowest BCUT2D eigenvalue weighted by Crippen LogP contribution is -2.54. The molecule has 0 saturated carbocycles. The standard InChI is InChI=1S/C34H39N3O4S/c1-2-3-10-19-35-21-12-18-34-29(32(40)37(30(34)33(35)41)26(23-38)25-15-8-5-9-16-25)28-27(42-34)17-11-20-36(31(28)39)22-24-13-6-4-7-14-24/h4-9,11-18,26-30,38H,2-3,10,19-23H2,1H3/t26-,27+,28-,29+,30?,34+/m1/s1. The Morgan fingerprint density at radius 1 is 0.905 bits per heavy atom. The summed E-state index contributed by atoms with van der Waals surface area (Å²) in [5.74, 6) is -1.68. The molecule has 6 atom stereocenters. The summed E-state index contributed by atoms with van der Waals surface area (Å²) in [6.45, 7) is 3.86. The number of unbranched alkanes of at least 4 members (excludes halogenated alkanes) is 2. The van der Waals surface area contributed by atoms with Crippen molar-refractivity contribution >= 4 is 29.5 Å². The molecule has 1 spiro atoms. The second-order valence-corrected chi connectivity index (χ2v) is 13.2. The second-order valence-electron chi connectivity index (χ2n) is 11.7. The van der Waals surface area contributed by atoms with Gasteiger partial charge in [-0.05, 0) is 17.5 Å². The largest absolute Gasteiger partial charge is 0.394 e. The molecule has 1 unspecified atom stereocenters. The van der Waals surface area contributed by atoms with E-state index in [0.29, 0.717) is 26.2 Å². The van der Waals surface area contributed by atoms with Gasteiger partial charge in [-0.1, -0.05) is 105 Å². The number of carbonyl (C=O) groups is 3. The fourth-order valence-electron chi connectivity index (χ4n) is 7.24. The van der Waals surface area contributed by atoms with Crippen molar-refractivity contribution in [3.63, 3.8) is 0 Å². The van der Waals surface area contributed by atoms with Gasteiger partial charge in [-0.25, -0.2) is 0 Å². The summed E-state index contributed by atoms with van der Waals surface area (Å²) < 4.78 is -0.902. The Kier molecular flexibility index (Phi) is 8.28. The molecule has 0 bridgehead atoms. The van der Waals surface area contributed by atoms with Crippen molar-refractivity contribution in [3.05, 3.63) is 96.1 Å². The number of thioether (sulfide) groups is 1. The van der Waals surface area contributed by atoms with Crippen LogP contribution in [0.4, 0.5) is 0 Å². The van der Waals surface area contributed by atoms with E-state index in [1.54, 1.807) is 16.7 Å². The summed E-state index contributed by atoms with van der Waals surface area (Å²) in [5, 5.41) is 10.5. The van der Waals surface area contributed by atoms with Crippen molar-refractivity contribution < 1.29 is 19.5 Å². The summed E-state index contributed by atoms with van der Waals surface area (Å²) in [7, 11) is 0. The van der Waals surface area contributed by atoms with Crippen LogP contribution in [0.1, 0.15) is 43.4 Å². The Bertz CT molecular complexity index is 1370. The first kappa shape index (κ1) is 28.7. The van der Waals surface area contributed by atoms with Crippen LogP contribution in [0, 0.1) is 11.8 Å². The highest BCUT2D eigenvalue weighted by Crippen LogP contribution is 2.62. The van der Waals surface area contributed by atoms with Gasteiger partial charge >= 0.3 is 0 Å². The van der Waals surface area contributed by atoms with Gasteiger partial charge in [0.2, 0.25) is 17.7 Å². The van der Waals surface area contributed by atoms with Gasteiger partial charge in [0.1, 0.15) is 6.04 Å². The number of hydrogen-bond donors (Lipinski definition) is 1. The van der Waals surface area contributed by atoms with Gasteiger partial charge in [0.15, 0.2) is 0 Å². The van der Waals surface area contributed by atoms with E-state index >= 15 is 0 Å². The third kappa shape index (κ3) is 4.88. The van der Waals surface area contributed by atoms with E-state index in [-0.39, 0.29) is 29.6 Å². The van der Waals surface area contributed by atoms with E-state index in [1.165, 1.54) is 0 Å². The zero-order valence-corrected chi connectivity index (χ0v) is 24.9. The molecular weight excluding hydrogens is 546 g/mol. The summed E-state index contributed by atoms with van der Waals surface area (Å²) >= 11 is 1.59. The molecule has 7 nitrogen and oxygen atoms in total. The lowest BCUT2D eigenvalue weighted by atomic mass is 9.78. The maximum Gasteiger partial charge on any atom is 0.247 e. The molecule has 4 heterocycles. The number of likely N-dealkylation sites (tertiary alicyclic amines) is 1. The molecular formula is C34H39N3O4S. The molecule has 220 valence electrons. The van der Waals surface area contributed by atoms with E-state index in [9.17, 15) is 19.5 Å². The van der Waals surface area contributed by atoms with Gasteiger partial charge in [0.25, 0.3) is 0 Å². The van der Waals surface area contributed by atoms with Crippen LogP contribution >= 0.6 is 11.8 Å². The number of nitrogens with zero attached hydrogens (tertiary/aromatic N) is 3. The number of benzene rings is 2. The normalized spacial score (nSPS) is 29.3. The lowest BCUT2D eigenvalue weighted by molar-refractivity contribution is -0.147. The van der Waals surface area contributed by atoms with E-state index in [4.69, 9.17) is 0 Å². The van der Waals surface area contributed by atoms with E-state index < -0.39 is 28.7 Å². The summed E-state index contributed by atoms with van der Waals surface area (Å²) in [6.07, 6.45) is 11.1. The molecule has 1 N–H and O–H groups in total. The Morgan fingerprint density at radius 3 is 2.33 bits per heavy atom. The molecule has 42 heavy (non-hydrogen) atoms. The van der Waals surface area contributed by atoms with Gasteiger partial charge in [-0.15, -0.1) is 11.8 Å². The molecule has 4 aliphatic rings. The number of fused-ring (bicyclic) bond motifs is 2. The van der Waals surface area contributed by atoms with Gasteiger partial charge in [0, 0.05) is 31.4 Å². The van der Waals surface area contributed by atoms with Gasteiger partial charge in [0.05, 0.1) is 29.2 Å². The highest BCUT2D eigenvalue weighted by Gasteiger charge is 2.71. The molecule has 4 aliphatic heterocycles. The third-order valence-electron chi connectivity index (χ3n) is 9.20. The first-order chi connectivity index (χ1) is 20.5. The van der Waals surface area contributed by atoms with Crippen LogP contribution in [0.5, 0.6) is 0 Å². The van der Waals surface area contributed by atoms with Crippen LogP contribution in [0.2, 0.25) is 0 Å². The molecule has 2 fully saturated rings. The summed E-state index contributed by atoms with van der Waals surface area (Å²) in [6, 6.07) is 17.8. The molecule has 0 aromatic heterocycles. The summed E-state index contributed by atoms with van der Waals surface area (Å²) in [5.41, 5.74) is 1.81. The van der Waals surface area contributed by atoms with Crippen LogP contribution in [-0.2, 0) is 20.9 Å². The predicted octanol–water partition coefficient (Wildman–Crippen LogP) is 4.20. The minimum absolute atomic E-state index is 0.0534. The third-order valence-corrected chi connectivity index (χ3v) is 10.9. The molecule has 2 aromatic carbocycles. The predicted molar refractivity (Wildman–Crippen MR) is 164 cm³/mol. The lowest BCUT2D eigenvalue weighted by Gasteiger charge is -2.38. The first-order valence-electron chi connectivity index (χ1n) is 15.1. The maximum atomic E-state index is 14.7. The topological polar surface area (TPSA) is 81.2 Å². The fourth-order valence-corrected chi connectivity index (χ4v) is 9.23. The number of carbonyl (C=O) groups excluding carboxylic acids is 3. The fraction of sp³-hybridized carbons (Fsp3) is 0.441. The minimum atomic E-state index is -0.902. The van der Waals surface area contributed by atoms with Crippen LogP contribution in [0.15, 0.2) is 85.0 Å². The quantitative estimate of drug-likeness (QED) is 0.353. The van der Waals surface area contributed by atoms with Gasteiger partial charge < -0.3 is 19.8 Å². The monoisotopic (exact) mass is 585 g/mol. The highest BCUT2D eigenvalue weighted by atomic mass is 32.2. The molecule has 6 rings (SSSR count). The minimum Gasteiger partial charge on any atom is -0.394 e. The van der Waals surface area contributed by atoms with Crippen molar-refractivity contribution in [1.29, 1.82) is 0 Å². The number of aliphatic hydroxyl groups excluding tert-OH is 1. The zero-order chi connectivity index (χ0) is 29.3. The molecule has 8 heteroatoms. The van der Waals surface area contributed by atoms with E-state index in [2.05, 4.69) is 19.1 Å². The Balaban J connectivity index is 1.42. The maximum absolute atomic E-state index is 14.7. The molecule has 2 saturated heterocycles. The van der Waals surface area contributed by atoms with E-state index in [0.717, 1.165) is 30.4 Å². The Hall–Kier alpha value is -3.36. The SMILES string of the molecule is CCCCCN1CC=C[C@]23S[C@H]4C=CCN(Cc5ccccc5)C(=O)[C@H]4[C@H]2C(=O)N([C@H](CO)c2ccccc2)C3C1=O. The molecule has 0 radical (unpaired) electrons. The van der Waals surface area contributed by atoms with Crippen molar-refractivity contribution in [2.75, 3.05) is 26.2 Å². The molecule has 3 amide bonds. The van der Waals surface area contributed by atoms with Crippen LogP contribution < -0.4 is 0 Å². The van der Waals surface area contributed by atoms with Crippen LogP contribution in [-0.4, -0.2) is 79.8 Å². The smallest absolute Gasteiger partial charge is 0.247 e. The number of amides is 3. The average Bonchev–Trinajstić information content (AvgIpc) is 3.33. The average molecular weight is 586 g/mol. The van der Waals surface area contributed by atoms with Crippen molar-refractivity contribution in [2.24, 2.45) is 11.8 Å². The van der Waals surface area contributed by atoms with Gasteiger partial charge in [-0.3, -0.25) is 14.4 Å². The van der Waals surface area contributed by atoms with Crippen molar-refractivity contribution in [2.45, 2.75) is 54.8 Å². The number of aliphatic hydroxyl groups is 1. The Morgan fingerprint density at radius 2 is 1.62 bits per heavy atom. The van der Waals surface area contributed by atoms with Crippen LogP contribution in [0.25, 0.3) is 0 Å². The Labute approximate surface area is 252 Å². The number of rotatable bonds is 9. The zero-order valence-electron chi connectivity index (χ0n) is 24.0. The van der Waals surface area contributed by atoms with Crippen molar-refractivity contribution in [3.8, 4) is 0 Å². The van der Waals surface area contributed by atoms with Gasteiger partial charge in [-0.2, -0.15) is 0 Å². The van der Waals surface area contributed by atoms with Crippen molar-refractivity contribution in [1.82, 2.24) is 14.7 Å². The van der Waals surface area contributed by atoms with Crippen LogP contribution in [0.3, 0.4) is 0 Å². The highest BCUT2D eigenvalue weighted by molar-refractivity contribution is 8.02. The van der Waals surface area contributed by atoms with E-state index in [1.807, 2.05) is 82.6 Å².